The van der Waals surface area contributed by atoms with E-state index in [1.165, 1.54) is 6.07 Å². The first-order valence-corrected chi connectivity index (χ1v) is 8.71. The lowest BCUT2D eigenvalue weighted by Gasteiger charge is -2.18. The number of hydrogen-bond donors (Lipinski definition) is 1. The summed E-state index contributed by atoms with van der Waals surface area (Å²) in [7, 11) is 1.53. The van der Waals surface area contributed by atoms with Gasteiger partial charge in [0.1, 0.15) is 0 Å². The largest absolute Gasteiger partial charge is 0.349 e. The topological polar surface area (TPSA) is 63.2 Å². The van der Waals surface area contributed by atoms with Crippen molar-refractivity contribution in [3.8, 4) is 0 Å². The molecule has 1 unspecified atom stereocenters. The molecule has 0 saturated carbocycles. The summed E-state index contributed by atoms with van der Waals surface area (Å²) in [5, 5.41) is 2.86. The number of benzene rings is 1. The van der Waals surface area contributed by atoms with E-state index in [0.29, 0.717) is 17.0 Å². The Balaban J connectivity index is 3.22. The van der Waals surface area contributed by atoms with Crippen LogP contribution in [0.4, 0.5) is 0 Å². The van der Waals surface area contributed by atoms with Crippen molar-refractivity contribution in [2.24, 2.45) is 5.92 Å². The minimum atomic E-state index is -3.86. The molecule has 4 nitrogen and oxygen atoms in total. The number of halogens is 1. The Hall–Kier alpha value is -1.07. The Labute approximate surface area is 124 Å². The van der Waals surface area contributed by atoms with Gasteiger partial charge in [-0.15, -0.1) is 0 Å². The van der Waals surface area contributed by atoms with E-state index in [1.807, 2.05) is 20.8 Å². The first-order chi connectivity index (χ1) is 9.04. The Bertz CT molecular complexity index is 624. The number of carbonyl (C=O) groups is 1. The van der Waals surface area contributed by atoms with E-state index >= 15 is 0 Å². The second-order valence-electron chi connectivity index (χ2n) is 5.38. The first kappa shape index (κ1) is 17.0. The van der Waals surface area contributed by atoms with Crippen molar-refractivity contribution in [3.63, 3.8) is 0 Å². The van der Waals surface area contributed by atoms with Crippen LogP contribution < -0.4 is 5.32 Å². The first-order valence-electron chi connectivity index (χ1n) is 6.40. The second kappa shape index (κ2) is 6.14. The molecule has 0 spiro atoms. The van der Waals surface area contributed by atoms with Crippen LogP contribution in [0.15, 0.2) is 17.0 Å². The molecule has 0 fully saturated rings. The van der Waals surface area contributed by atoms with Crippen molar-refractivity contribution in [2.45, 2.75) is 45.6 Å². The molecular weight excluding hydrogens is 298 g/mol. The van der Waals surface area contributed by atoms with Gasteiger partial charge in [-0.05, 0) is 43.9 Å². The van der Waals surface area contributed by atoms with Crippen molar-refractivity contribution >= 4 is 25.6 Å². The third-order valence-corrected chi connectivity index (χ3v) is 4.85. The predicted octanol–water partition coefficient (Wildman–Crippen LogP) is 3.01. The summed E-state index contributed by atoms with van der Waals surface area (Å²) in [6, 6.07) is 3.00. The summed E-state index contributed by atoms with van der Waals surface area (Å²) in [5.74, 6) is 0.00574. The number of carbonyl (C=O) groups excluding carboxylic acids is 1. The molecule has 0 aliphatic rings. The van der Waals surface area contributed by atoms with E-state index in [4.69, 9.17) is 10.7 Å². The van der Waals surface area contributed by atoms with E-state index in [-0.39, 0.29) is 16.8 Å². The molecule has 1 atom stereocenters. The van der Waals surface area contributed by atoms with Crippen LogP contribution in [-0.4, -0.2) is 20.4 Å². The monoisotopic (exact) mass is 317 g/mol. The molecule has 0 aliphatic heterocycles. The maximum Gasteiger partial charge on any atom is 0.261 e. The van der Waals surface area contributed by atoms with Crippen molar-refractivity contribution in [1.29, 1.82) is 0 Å². The fraction of sp³-hybridized carbons (Fsp3) is 0.500. The van der Waals surface area contributed by atoms with E-state index in [9.17, 15) is 13.2 Å². The number of aryl methyl sites for hydroxylation is 2. The molecule has 6 heteroatoms. The quantitative estimate of drug-likeness (QED) is 0.868. The molecule has 1 amide bonds. The molecule has 0 aromatic heterocycles. The molecule has 0 aliphatic carbocycles. The summed E-state index contributed by atoms with van der Waals surface area (Å²) in [5.41, 5.74) is 1.59. The van der Waals surface area contributed by atoms with Crippen molar-refractivity contribution in [1.82, 2.24) is 5.32 Å². The normalized spacial score (nSPS) is 13.3. The van der Waals surface area contributed by atoms with Gasteiger partial charge in [0.2, 0.25) is 0 Å². The molecule has 1 N–H and O–H groups in total. The smallest absolute Gasteiger partial charge is 0.261 e. The maximum absolute atomic E-state index is 12.2. The van der Waals surface area contributed by atoms with Gasteiger partial charge in [0.25, 0.3) is 15.0 Å². The third-order valence-electron chi connectivity index (χ3n) is 3.39. The Kier molecular flexibility index (Phi) is 5.21. The highest BCUT2D eigenvalue weighted by Crippen LogP contribution is 2.23. The maximum atomic E-state index is 12.2. The number of nitrogens with one attached hydrogen (secondary N) is 1. The predicted molar refractivity (Wildman–Crippen MR) is 80.7 cm³/mol. The lowest BCUT2D eigenvalue weighted by Crippen LogP contribution is -2.36. The summed E-state index contributed by atoms with van der Waals surface area (Å²) in [6.07, 6.45) is 0. The average molecular weight is 318 g/mol. The van der Waals surface area contributed by atoms with E-state index in [2.05, 4.69) is 5.32 Å². The highest BCUT2D eigenvalue weighted by Gasteiger charge is 2.20. The number of amides is 1. The molecule has 0 radical (unpaired) electrons. The standard InChI is InChI=1S/C14H20ClNO3S/c1-8(2)11(5)16-14(17)12-7-13(20(15,18)19)10(4)6-9(12)3/h6-8,11H,1-5H3,(H,16,17). The highest BCUT2D eigenvalue weighted by atomic mass is 35.7. The molecule has 0 heterocycles. The Morgan fingerprint density at radius 3 is 2.15 bits per heavy atom. The Morgan fingerprint density at radius 2 is 1.70 bits per heavy atom. The average Bonchev–Trinajstić information content (AvgIpc) is 2.26. The van der Waals surface area contributed by atoms with Gasteiger partial charge in [-0.3, -0.25) is 4.79 Å². The van der Waals surface area contributed by atoms with E-state index < -0.39 is 9.05 Å². The zero-order valence-corrected chi connectivity index (χ0v) is 13.9. The van der Waals surface area contributed by atoms with Crippen LogP contribution >= 0.6 is 10.7 Å². The molecule has 1 rings (SSSR count). The van der Waals surface area contributed by atoms with Crippen LogP contribution in [0.2, 0.25) is 0 Å². The van der Waals surface area contributed by atoms with Gasteiger partial charge < -0.3 is 5.32 Å². The molecule has 0 saturated heterocycles. The van der Waals surface area contributed by atoms with Gasteiger partial charge in [-0.1, -0.05) is 19.9 Å². The molecular formula is C14H20ClNO3S. The van der Waals surface area contributed by atoms with Crippen LogP contribution in [-0.2, 0) is 9.05 Å². The molecule has 1 aromatic rings. The van der Waals surface area contributed by atoms with Crippen molar-refractivity contribution in [2.75, 3.05) is 0 Å². The SMILES string of the molecule is Cc1cc(C)c(S(=O)(=O)Cl)cc1C(=O)NC(C)C(C)C. The molecule has 0 bridgehead atoms. The van der Waals surface area contributed by atoms with Gasteiger partial charge >= 0.3 is 0 Å². The van der Waals surface area contributed by atoms with Gasteiger partial charge in [-0.2, -0.15) is 0 Å². The highest BCUT2D eigenvalue weighted by molar-refractivity contribution is 8.13. The summed E-state index contributed by atoms with van der Waals surface area (Å²) < 4.78 is 23.0. The van der Waals surface area contributed by atoms with Gasteiger partial charge in [0, 0.05) is 22.3 Å². The molecule has 1 aromatic carbocycles. The zero-order valence-electron chi connectivity index (χ0n) is 12.3. The second-order valence-corrected chi connectivity index (χ2v) is 7.91. The van der Waals surface area contributed by atoms with E-state index in [0.717, 1.165) is 5.56 Å². The fourth-order valence-corrected chi connectivity index (χ4v) is 2.99. The third kappa shape index (κ3) is 3.96. The lowest BCUT2D eigenvalue weighted by atomic mass is 10.0. The minimum Gasteiger partial charge on any atom is -0.349 e. The molecule has 112 valence electrons. The fourth-order valence-electron chi connectivity index (χ4n) is 1.79. The van der Waals surface area contributed by atoms with Gasteiger partial charge in [-0.25, -0.2) is 8.42 Å². The van der Waals surface area contributed by atoms with Crippen LogP contribution in [0.3, 0.4) is 0 Å². The Morgan fingerprint density at radius 1 is 1.15 bits per heavy atom. The minimum absolute atomic E-state index is 0.000684. The number of rotatable bonds is 4. The van der Waals surface area contributed by atoms with E-state index in [1.54, 1.807) is 19.9 Å². The van der Waals surface area contributed by atoms with Crippen LogP contribution in [0.1, 0.15) is 42.3 Å². The van der Waals surface area contributed by atoms with Crippen LogP contribution in [0.25, 0.3) is 0 Å². The summed E-state index contributed by atoms with van der Waals surface area (Å²) in [4.78, 5) is 12.2. The summed E-state index contributed by atoms with van der Waals surface area (Å²) in [6.45, 7) is 9.34. The zero-order chi connectivity index (χ0) is 15.7. The number of hydrogen-bond acceptors (Lipinski definition) is 3. The lowest BCUT2D eigenvalue weighted by molar-refractivity contribution is 0.0929. The van der Waals surface area contributed by atoms with Crippen molar-refractivity contribution < 1.29 is 13.2 Å². The van der Waals surface area contributed by atoms with Crippen LogP contribution in [0, 0.1) is 19.8 Å². The molecule has 20 heavy (non-hydrogen) atoms. The van der Waals surface area contributed by atoms with Gasteiger partial charge in [0.15, 0.2) is 0 Å². The van der Waals surface area contributed by atoms with Crippen LogP contribution in [0.5, 0.6) is 0 Å². The van der Waals surface area contributed by atoms with Gasteiger partial charge in [0.05, 0.1) is 4.90 Å². The van der Waals surface area contributed by atoms with Crippen molar-refractivity contribution in [3.05, 3.63) is 28.8 Å². The summed E-state index contributed by atoms with van der Waals surface area (Å²) >= 11 is 0.